The molecule has 0 aliphatic rings. The predicted octanol–water partition coefficient (Wildman–Crippen LogP) is 4.68. The first kappa shape index (κ1) is 15.7. The molecule has 0 bridgehead atoms. The molecule has 0 unspecified atom stereocenters. The van der Waals surface area contributed by atoms with Crippen LogP contribution in [0.2, 0.25) is 0 Å². The molecule has 3 aromatic heterocycles. The van der Waals surface area contributed by atoms with Crippen molar-refractivity contribution in [3.8, 4) is 16.5 Å². The Morgan fingerprint density at radius 2 is 2.12 bits per heavy atom. The highest BCUT2D eigenvalue weighted by atomic mass is 32.1. The van der Waals surface area contributed by atoms with Crippen LogP contribution in [0.15, 0.2) is 53.4 Å². The zero-order valence-corrected chi connectivity index (χ0v) is 14.9. The van der Waals surface area contributed by atoms with Gasteiger partial charge in [0, 0.05) is 22.4 Å². The van der Waals surface area contributed by atoms with Gasteiger partial charge in [0.2, 0.25) is 5.88 Å². The minimum atomic E-state index is -0.198. The second-order valence-corrected chi connectivity index (χ2v) is 7.04. The maximum absolute atomic E-state index is 12.6. The Labute approximate surface area is 152 Å². The number of thiophene rings is 1. The van der Waals surface area contributed by atoms with Crippen molar-refractivity contribution in [3.63, 3.8) is 0 Å². The van der Waals surface area contributed by atoms with Crippen LogP contribution in [0.25, 0.3) is 21.5 Å². The number of pyridine rings is 1. The normalized spacial score (nSPS) is 10.8. The molecule has 5 nitrogen and oxygen atoms in total. The van der Waals surface area contributed by atoms with Gasteiger partial charge in [0.05, 0.1) is 24.5 Å². The van der Waals surface area contributed by atoms with Gasteiger partial charge >= 0.3 is 0 Å². The van der Waals surface area contributed by atoms with Crippen LogP contribution in [0, 0.1) is 0 Å². The van der Waals surface area contributed by atoms with Crippen LogP contribution < -0.4 is 10.1 Å². The van der Waals surface area contributed by atoms with E-state index in [-0.39, 0.29) is 5.91 Å². The molecule has 0 aliphatic heterocycles. The Morgan fingerprint density at radius 1 is 1.20 bits per heavy atom. The molecule has 3 heterocycles. The van der Waals surface area contributed by atoms with Crippen LogP contribution in [0.4, 0.5) is 5.69 Å². The number of benzene rings is 1. The highest BCUT2D eigenvalue weighted by Crippen LogP contribution is 2.28. The molecule has 0 radical (unpaired) electrons. The number of anilines is 1. The lowest BCUT2D eigenvalue weighted by molar-refractivity contribution is 0.103. The third-order valence-electron chi connectivity index (χ3n) is 3.65. The summed E-state index contributed by atoms with van der Waals surface area (Å²) < 4.78 is 5.18. The number of para-hydroxylation sites is 1. The van der Waals surface area contributed by atoms with Gasteiger partial charge in [-0.05, 0) is 23.6 Å². The number of amides is 1. The second-order valence-electron chi connectivity index (χ2n) is 5.23. The van der Waals surface area contributed by atoms with E-state index in [0.29, 0.717) is 22.0 Å². The van der Waals surface area contributed by atoms with Crippen LogP contribution in [0.3, 0.4) is 0 Å². The zero-order chi connectivity index (χ0) is 17.2. The molecule has 124 valence electrons. The highest BCUT2D eigenvalue weighted by Gasteiger charge is 2.14. The fourth-order valence-corrected chi connectivity index (χ4v) is 3.95. The van der Waals surface area contributed by atoms with E-state index < -0.39 is 0 Å². The standard InChI is InChI=1S/C18H13N3O2S2/c1-23-15-6-5-11-3-2-4-13(16(11)21-15)20-17(22)14-9-19-18(25-14)12-7-8-24-10-12/h2-10H,1H3,(H,20,22). The van der Waals surface area contributed by atoms with Gasteiger partial charge in [-0.25, -0.2) is 9.97 Å². The summed E-state index contributed by atoms with van der Waals surface area (Å²) in [6.07, 6.45) is 1.60. The molecule has 1 aromatic carbocycles. The van der Waals surface area contributed by atoms with Gasteiger partial charge in [-0.15, -0.1) is 11.3 Å². The van der Waals surface area contributed by atoms with Crippen molar-refractivity contribution in [1.29, 1.82) is 0 Å². The Bertz CT molecular complexity index is 1040. The first-order valence-electron chi connectivity index (χ1n) is 7.48. The van der Waals surface area contributed by atoms with Crippen molar-refractivity contribution in [1.82, 2.24) is 9.97 Å². The molecule has 1 amide bonds. The van der Waals surface area contributed by atoms with Crippen LogP contribution in [-0.4, -0.2) is 23.0 Å². The number of carbonyl (C=O) groups excluding carboxylic acids is 1. The van der Waals surface area contributed by atoms with E-state index in [1.54, 1.807) is 30.7 Å². The number of aromatic nitrogens is 2. The summed E-state index contributed by atoms with van der Waals surface area (Å²) in [6, 6.07) is 11.4. The van der Waals surface area contributed by atoms with Gasteiger partial charge in [0.15, 0.2) is 0 Å². The van der Waals surface area contributed by atoms with Crippen molar-refractivity contribution in [2.24, 2.45) is 0 Å². The minimum absolute atomic E-state index is 0.198. The van der Waals surface area contributed by atoms with E-state index in [1.165, 1.54) is 11.3 Å². The van der Waals surface area contributed by atoms with Gasteiger partial charge < -0.3 is 10.1 Å². The van der Waals surface area contributed by atoms with Crippen LogP contribution >= 0.6 is 22.7 Å². The molecule has 0 spiro atoms. The number of hydrogen-bond donors (Lipinski definition) is 1. The summed E-state index contributed by atoms with van der Waals surface area (Å²) in [5, 5.41) is 8.70. The number of hydrogen-bond acceptors (Lipinski definition) is 6. The maximum atomic E-state index is 12.6. The molecule has 25 heavy (non-hydrogen) atoms. The van der Waals surface area contributed by atoms with Crippen molar-refractivity contribution < 1.29 is 9.53 Å². The average Bonchev–Trinajstić information content (AvgIpc) is 3.33. The summed E-state index contributed by atoms with van der Waals surface area (Å²) in [5.41, 5.74) is 2.37. The Morgan fingerprint density at radius 3 is 2.92 bits per heavy atom. The molecular weight excluding hydrogens is 354 g/mol. The summed E-state index contributed by atoms with van der Waals surface area (Å²) >= 11 is 2.97. The number of carbonyl (C=O) groups is 1. The Hall–Kier alpha value is -2.77. The summed E-state index contributed by atoms with van der Waals surface area (Å²) in [5.74, 6) is 0.308. The van der Waals surface area contributed by atoms with Crippen molar-refractivity contribution in [3.05, 3.63) is 58.2 Å². The Kier molecular flexibility index (Phi) is 4.17. The van der Waals surface area contributed by atoms with Crippen LogP contribution in [0.1, 0.15) is 9.67 Å². The van der Waals surface area contributed by atoms with Crippen molar-refractivity contribution in [2.45, 2.75) is 0 Å². The smallest absolute Gasteiger partial charge is 0.267 e. The summed E-state index contributed by atoms with van der Waals surface area (Å²) in [4.78, 5) is 21.9. The van der Waals surface area contributed by atoms with Gasteiger partial charge in [0.25, 0.3) is 5.91 Å². The van der Waals surface area contributed by atoms with E-state index in [2.05, 4.69) is 15.3 Å². The SMILES string of the molecule is COc1ccc2cccc(NC(=O)c3cnc(-c4ccsc4)s3)c2n1. The monoisotopic (exact) mass is 367 g/mol. The van der Waals surface area contributed by atoms with Gasteiger partial charge in [-0.2, -0.15) is 11.3 Å². The number of ether oxygens (including phenoxy) is 1. The average molecular weight is 367 g/mol. The van der Waals surface area contributed by atoms with E-state index in [9.17, 15) is 4.79 Å². The molecule has 0 fully saturated rings. The fraction of sp³-hybridized carbons (Fsp3) is 0.0556. The third kappa shape index (κ3) is 3.11. The van der Waals surface area contributed by atoms with Gasteiger partial charge in [0.1, 0.15) is 9.88 Å². The summed E-state index contributed by atoms with van der Waals surface area (Å²) in [6.45, 7) is 0. The molecular formula is C18H13N3O2S2. The van der Waals surface area contributed by atoms with Crippen molar-refractivity contribution >= 4 is 45.2 Å². The zero-order valence-electron chi connectivity index (χ0n) is 13.2. The van der Waals surface area contributed by atoms with E-state index in [0.717, 1.165) is 16.0 Å². The molecule has 1 N–H and O–H groups in total. The number of nitrogens with zero attached hydrogens (tertiary/aromatic N) is 2. The van der Waals surface area contributed by atoms with E-state index in [1.807, 2.05) is 41.1 Å². The number of methoxy groups -OCH3 is 1. The van der Waals surface area contributed by atoms with E-state index >= 15 is 0 Å². The minimum Gasteiger partial charge on any atom is -0.481 e. The molecule has 4 rings (SSSR count). The molecule has 4 aromatic rings. The molecule has 0 saturated heterocycles. The van der Waals surface area contributed by atoms with Gasteiger partial charge in [-0.1, -0.05) is 12.1 Å². The number of fused-ring (bicyclic) bond motifs is 1. The molecule has 0 atom stereocenters. The fourth-order valence-electron chi connectivity index (χ4n) is 2.43. The maximum Gasteiger partial charge on any atom is 0.267 e. The lowest BCUT2D eigenvalue weighted by Crippen LogP contribution is -2.10. The summed E-state index contributed by atoms with van der Waals surface area (Å²) in [7, 11) is 1.57. The first-order valence-corrected chi connectivity index (χ1v) is 9.24. The Balaban J connectivity index is 1.64. The molecule has 7 heteroatoms. The highest BCUT2D eigenvalue weighted by molar-refractivity contribution is 7.17. The van der Waals surface area contributed by atoms with Crippen molar-refractivity contribution in [2.75, 3.05) is 12.4 Å². The van der Waals surface area contributed by atoms with E-state index in [4.69, 9.17) is 4.74 Å². The lowest BCUT2D eigenvalue weighted by Gasteiger charge is -2.08. The first-order chi connectivity index (χ1) is 12.2. The quantitative estimate of drug-likeness (QED) is 0.569. The topological polar surface area (TPSA) is 64.1 Å². The predicted molar refractivity (Wildman–Crippen MR) is 102 cm³/mol. The number of rotatable bonds is 4. The molecule has 0 saturated carbocycles. The number of nitrogens with one attached hydrogen (secondary N) is 1. The number of thiazole rings is 1. The third-order valence-corrected chi connectivity index (χ3v) is 5.38. The van der Waals surface area contributed by atoms with Gasteiger partial charge in [-0.3, -0.25) is 4.79 Å². The largest absolute Gasteiger partial charge is 0.481 e. The lowest BCUT2D eigenvalue weighted by atomic mass is 10.2. The van der Waals surface area contributed by atoms with Crippen LogP contribution in [-0.2, 0) is 0 Å². The van der Waals surface area contributed by atoms with Crippen LogP contribution in [0.5, 0.6) is 5.88 Å². The molecule has 0 aliphatic carbocycles. The second kappa shape index (κ2) is 6.62.